The van der Waals surface area contributed by atoms with Gasteiger partial charge >= 0.3 is 6.03 Å². The summed E-state index contributed by atoms with van der Waals surface area (Å²) in [4.78, 5) is 51.4. The second kappa shape index (κ2) is 9.77. The molecule has 0 aliphatic carbocycles. The van der Waals surface area contributed by atoms with Gasteiger partial charge in [0.2, 0.25) is 5.91 Å². The Hall–Kier alpha value is -4.15. The molecule has 2 aromatic rings. The summed E-state index contributed by atoms with van der Waals surface area (Å²) in [6.07, 6.45) is 0. The molecule has 1 aliphatic rings. The molecule has 1 heterocycles. The van der Waals surface area contributed by atoms with Crippen LogP contribution >= 0.6 is 0 Å². The molecular weight excluding hydrogens is 444 g/mol. The van der Waals surface area contributed by atoms with Gasteiger partial charge in [-0.2, -0.15) is 0 Å². The molecule has 0 saturated carbocycles. The lowest BCUT2D eigenvalue weighted by atomic mass is 9.92. The van der Waals surface area contributed by atoms with E-state index >= 15 is 0 Å². The van der Waals surface area contributed by atoms with Crippen LogP contribution in [0, 0.1) is 10.1 Å². The lowest BCUT2D eigenvalue weighted by Gasteiger charge is -2.25. The summed E-state index contributed by atoms with van der Waals surface area (Å²) in [6, 6.07) is 9.94. The lowest BCUT2D eigenvalue weighted by molar-refractivity contribution is -0.384. The molecule has 1 aliphatic heterocycles. The monoisotopic (exact) mass is 470 g/mol. The summed E-state index contributed by atoms with van der Waals surface area (Å²) in [5, 5.41) is 13.5. The Morgan fingerprint density at radius 3 is 2.32 bits per heavy atom. The van der Waals surface area contributed by atoms with E-state index in [0.29, 0.717) is 23.6 Å². The minimum Gasteiger partial charge on any atom is -0.493 e. The second-order valence-corrected chi connectivity index (χ2v) is 7.85. The zero-order valence-corrected chi connectivity index (χ0v) is 19.4. The molecule has 0 bridgehead atoms. The molecule has 2 aromatic carbocycles. The normalized spacial score (nSPS) is 17.4. The van der Waals surface area contributed by atoms with E-state index in [1.165, 1.54) is 50.3 Å². The van der Waals surface area contributed by atoms with E-state index in [0.717, 1.165) is 10.5 Å². The number of carbonyl (C=O) groups excluding carboxylic acids is 3. The summed E-state index contributed by atoms with van der Waals surface area (Å²) in [5.74, 6) is 0.0672. The molecule has 11 heteroatoms. The van der Waals surface area contributed by atoms with Crippen molar-refractivity contribution in [3.05, 3.63) is 63.7 Å². The average Bonchev–Trinajstić information content (AvgIpc) is 3.05. The Balaban J connectivity index is 1.74. The van der Waals surface area contributed by atoms with Crippen LogP contribution in [0.4, 0.5) is 10.5 Å². The first kappa shape index (κ1) is 24.5. The van der Waals surface area contributed by atoms with E-state index in [9.17, 15) is 24.5 Å². The molecule has 1 fully saturated rings. The van der Waals surface area contributed by atoms with E-state index in [1.807, 2.05) is 0 Å². The van der Waals surface area contributed by atoms with Gasteiger partial charge in [-0.3, -0.25) is 24.6 Å². The predicted octanol–water partition coefficient (Wildman–Crippen LogP) is 2.43. The number of nitrogens with one attached hydrogen (secondary N) is 1. The van der Waals surface area contributed by atoms with Crippen LogP contribution < -0.4 is 14.8 Å². The van der Waals surface area contributed by atoms with Crippen LogP contribution in [0.25, 0.3) is 0 Å². The van der Waals surface area contributed by atoms with Crippen molar-refractivity contribution in [1.82, 2.24) is 15.1 Å². The molecule has 1 atom stereocenters. The van der Waals surface area contributed by atoms with Crippen molar-refractivity contribution in [3.63, 3.8) is 0 Å². The standard InChI is InChI=1S/C23H26N4O7/c1-5-25(13-15-6-11-18(33-3)19(12-15)34-4)20(28)14-26-21(29)23(2,24-22(26)30)16-7-9-17(10-8-16)27(31)32/h6-12H,5,13-14H2,1-4H3,(H,24,30). The molecule has 0 aromatic heterocycles. The van der Waals surface area contributed by atoms with Gasteiger partial charge in [0.25, 0.3) is 11.6 Å². The number of methoxy groups -OCH3 is 2. The highest BCUT2D eigenvalue weighted by atomic mass is 16.6. The Morgan fingerprint density at radius 2 is 1.76 bits per heavy atom. The smallest absolute Gasteiger partial charge is 0.325 e. The molecule has 1 saturated heterocycles. The summed E-state index contributed by atoms with van der Waals surface area (Å²) >= 11 is 0. The third-order valence-electron chi connectivity index (χ3n) is 5.78. The van der Waals surface area contributed by atoms with E-state index in [4.69, 9.17) is 9.47 Å². The number of benzene rings is 2. The van der Waals surface area contributed by atoms with Crippen molar-refractivity contribution in [3.8, 4) is 11.5 Å². The number of likely N-dealkylation sites (N-methyl/N-ethyl adjacent to an activating group) is 1. The number of carbonyl (C=O) groups is 3. The number of amides is 4. The number of hydrogen-bond donors (Lipinski definition) is 1. The maximum Gasteiger partial charge on any atom is 0.325 e. The fraction of sp³-hybridized carbons (Fsp3) is 0.348. The summed E-state index contributed by atoms with van der Waals surface area (Å²) in [7, 11) is 3.05. The number of hydrogen-bond acceptors (Lipinski definition) is 7. The van der Waals surface area contributed by atoms with Crippen molar-refractivity contribution in [2.24, 2.45) is 0 Å². The van der Waals surface area contributed by atoms with E-state index in [2.05, 4.69) is 5.32 Å². The second-order valence-electron chi connectivity index (χ2n) is 7.85. The highest BCUT2D eigenvalue weighted by molar-refractivity contribution is 6.09. The number of nitro groups is 1. The van der Waals surface area contributed by atoms with Gasteiger partial charge in [0.05, 0.1) is 19.1 Å². The van der Waals surface area contributed by atoms with Gasteiger partial charge in [0.1, 0.15) is 12.1 Å². The molecule has 0 spiro atoms. The van der Waals surface area contributed by atoms with E-state index < -0.39 is 34.9 Å². The first-order valence-electron chi connectivity index (χ1n) is 10.5. The van der Waals surface area contributed by atoms with E-state index in [1.54, 1.807) is 25.1 Å². The van der Waals surface area contributed by atoms with Crippen LogP contribution in [-0.2, 0) is 21.7 Å². The number of non-ortho nitro benzene ring substituents is 1. The van der Waals surface area contributed by atoms with Crippen LogP contribution in [0.1, 0.15) is 25.0 Å². The first-order chi connectivity index (χ1) is 16.1. The SMILES string of the molecule is CCN(Cc1ccc(OC)c(OC)c1)C(=O)CN1C(=O)NC(C)(c2ccc([N+](=O)[O-])cc2)C1=O. The van der Waals surface area contributed by atoms with Gasteiger partial charge in [-0.25, -0.2) is 4.79 Å². The van der Waals surface area contributed by atoms with Crippen LogP contribution in [0.2, 0.25) is 0 Å². The van der Waals surface area contributed by atoms with Gasteiger partial charge < -0.3 is 19.7 Å². The van der Waals surface area contributed by atoms with Crippen molar-refractivity contribution in [1.29, 1.82) is 0 Å². The van der Waals surface area contributed by atoms with Crippen LogP contribution in [0.3, 0.4) is 0 Å². The molecule has 4 amide bonds. The number of imide groups is 1. The molecule has 0 radical (unpaired) electrons. The van der Waals surface area contributed by atoms with Gasteiger partial charge in [-0.1, -0.05) is 6.07 Å². The third kappa shape index (κ3) is 4.63. The first-order valence-corrected chi connectivity index (χ1v) is 10.5. The number of rotatable bonds is 9. The predicted molar refractivity (Wildman–Crippen MR) is 121 cm³/mol. The molecule has 34 heavy (non-hydrogen) atoms. The lowest BCUT2D eigenvalue weighted by Crippen LogP contribution is -2.44. The Morgan fingerprint density at radius 1 is 1.12 bits per heavy atom. The third-order valence-corrected chi connectivity index (χ3v) is 5.78. The van der Waals surface area contributed by atoms with Crippen LogP contribution in [0.15, 0.2) is 42.5 Å². The molecule has 1 unspecified atom stereocenters. The molecule has 1 N–H and O–H groups in total. The van der Waals surface area contributed by atoms with Crippen molar-refractivity contribution in [2.75, 3.05) is 27.3 Å². The molecule has 11 nitrogen and oxygen atoms in total. The largest absolute Gasteiger partial charge is 0.493 e. The van der Waals surface area contributed by atoms with Gasteiger partial charge in [0, 0.05) is 25.2 Å². The Labute approximate surface area is 196 Å². The zero-order valence-electron chi connectivity index (χ0n) is 19.4. The Bertz CT molecular complexity index is 1120. The van der Waals surface area contributed by atoms with E-state index in [-0.39, 0.29) is 12.2 Å². The zero-order chi connectivity index (χ0) is 25.0. The fourth-order valence-electron chi connectivity index (χ4n) is 3.76. The molecule has 180 valence electrons. The summed E-state index contributed by atoms with van der Waals surface area (Å²) < 4.78 is 10.5. The minimum absolute atomic E-state index is 0.134. The quantitative estimate of drug-likeness (QED) is 0.338. The van der Waals surface area contributed by atoms with Crippen molar-refractivity contribution >= 4 is 23.5 Å². The maximum atomic E-state index is 13.1. The van der Waals surface area contributed by atoms with Crippen molar-refractivity contribution in [2.45, 2.75) is 25.9 Å². The highest BCUT2D eigenvalue weighted by Gasteiger charge is 2.49. The number of urea groups is 1. The highest BCUT2D eigenvalue weighted by Crippen LogP contribution is 2.31. The number of nitro benzene ring substituents is 1. The number of nitrogens with zero attached hydrogens (tertiary/aromatic N) is 3. The van der Waals surface area contributed by atoms with Gasteiger partial charge in [-0.05, 0) is 49.2 Å². The maximum absolute atomic E-state index is 13.1. The minimum atomic E-state index is -1.44. The van der Waals surface area contributed by atoms with Crippen LogP contribution in [0.5, 0.6) is 11.5 Å². The van der Waals surface area contributed by atoms with Crippen LogP contribution in [-0.4, -0.2) is 59.9 Å². The molecular formula is C23H26N4O7. The number of ether oxygens (including phenoxy) is 2. The van der Waals surface area contributed by atoms with Gasteiger partial charge in [0.15, 0.2) is 11.5 Å². The summed E-state index contributed by atoms with van der Waals surface area (Å²) in [6.45, 7) is 3.47. The Kier molecular flexibility index (Phi) is 7.04. The topological polar surface area (TPSA) is 131 Å². The average molecular weight is 470 g/mol. The van der Waals surface area contributed by atoms with Crippen molar-refractivity contribution < 1.29 is 28.8 Å². The fourth-order valence-corrected chi connectivity index (χ4v) is 3.76. The summed E-state index contributed by atoms with van der Waals surface area (Å²) in [5.41, 5.74) is -0.401. The molecule has 3 rings (SSSR count). The van der Waals surface area contributed by atoms with Gasteiger partial charge in [-0.15, -0.1) is 0 Å².